The lowest BCUT2D eigenvalue weighted by Crippen LogP contribution is -2.38. The van der Waals surface area contributed by atoms with Gasteiger partial charge >= 0.3 is 0 Å². The molecule has 0 N–H and O–H groups in total. The number of piperidine rings is 1. The van der Waals surface area contributed by atoms with E-state index in [0.29, 0.717) is 30.4 Å². The minimum atomic E-state index is -3.69. The fraction of sp³-hybridized carbons (Fsp3) is 0.261. The first kappa shape index (κ1) is 20.2. The Labute approximate surface area is 177 Å². The van der Waals surface area contributed by atoms with Crippen molar-refractivity contribution in [2.24, 2.45) is 0 Å². The zero-order valence-corrected chi connectivity index (χ0v) is 17.7. The minimum Gasteiger partial charge on any atom is -0.351 e. The van der Waals surface area contributed by atoms with Crippen LogP contribution < -0.4 is 4.31 Å². The van der Waals surface area contributed by atoms with Gasteiger partial charge in [0.25, 0.3) is 15.9 Å². The number of para-hydroxylation sites is 1. The van der Waals surface area contributed by atoms with E-state index in [1.165, 1.54) is 23.5 Å². The van der Waals surface area contributed by atoms with Crippen LogP contribution in [0.1, 0.15) is 29.2 Å². The highest BCUT2D eigenvalue weighted by Crippen LogP contribution is 2.25. The molecule has 3 aromatic rings. The van der Waals surface area contributed by atoms with Crippen molar-refractivity contribution in [3.05, 3.63) is 84.7 Å². The average molecular weight is 424 g/mol. The molecule has 4 rings (SSSR count). The van der Waals surface area contributed by atoms with E-state index in [9.17, 15) is 13.2 Å². The van der Waals surface area contributed by atoms with Gasteiger partial charge in [0.1, 0.15) is 0 Å². The highest BCUT2D eigenvalue weighted by molar-refractivity contribution is 7.92. The van der Waals surface area contributed by atoms with E-state index in [1.54, 1.807) is 36.4 Å². The molecule has 0 bridgehead atoms. The van der Waals surface area contributed by atoms with Crippen molar-refractivity contribution in [3.63, 3.8) is 0 Å². The third-order valence-corrected chi connectivity index (χ3v) is 7.48. The summed E-state index contributed by atoms with van der Waals surface area (Å²) in [6, 6.07) is 19.6. The van der Waals surface area contributed by atoms with Crippen molar-refractivity contribution in [1.82, 2.24) is 9.47 Å². The molecule has 1 aliphatic rings. The topological polar surface area (TPSA) is 62.6 Å². The maximum atomic E-state index is 12.9. The smallest absolute Gasteiger partial charge is 0.264 e. The van der Waals surface area contributed by atoms with Gasteiger partial charge in [-0.1, -0.05) is 18.2 Å². The maximum Gasteiger partial charge on any atom is 0.264 e. The molecule has 1 saturated heterocycles. The number of carbonyl (C=O) groups is 1. The van der Waals surface area contributed by atoms with Crippen molar-refractivity contribution >= 4 is 21.6 Å². The number of anilines is 1. The largest absolute Gasteiger partial charge is 0.351 e. The summed E-state index contributed by atoms with van der Waals surface area (Å²) in [6.45, 7) is 1.39. The lowest BCUT2D eigenvalue weighted by Gasteiger charge is -2.33. The Balaban J connectivity index is 1.44. The van der Waals surface area contributed by atoms with Gasteiger partial charge in [0.05, 0.1) is 10.6 Å². The lowest BCUT2D eigenvalue weighted by atomic mass is 10.0. The molecule has 2 heterocycles. The van der Waals surface area contributed by atoms with Crippen molar-refractivity contribution < 1.29 is 13.2 Å². The Kier molecular flexibility index (Phi) is 5.63. The van der Waals surface area contributed by atoms with E-state index in [4.69, 9.17) is 0 Å². The highest BCUT2D eigenvalue weighted by Gasteiger charge is 2.25. The fourth-order valence-corrected chi connectivity index (χ4v) is 5.04. The molecule has 1 amide bonds. The van der Waals surface area contributed by atoms with Gasteiger partial charge < -0.3 is 9.47 Å². The second-order valence-corrected chi connectivity index (χ2v) is 9.46. The Morgan fingerprint density at radius 3 is 2.10 bits per heavy atom. The van der Waals surface area contributed by atoms with Crippen LogP contribution in [0, 0.1) is 0 Å². The number of likely N-dealkylation sites (tertiary alicyclic amines) is 1. The minimum absolute atomic E-state index is 0.0543. The second kappa shape index (κ2) is 8.36. The van der Waals surface area contributed by atoms with E-state index in [2.05, 4.69) is 17.0 Å². The fourth-order valence-electron chi connectivity index (χ4n) is 3.85. The first-order valence-electron chi connectivity index (χ1n) is 10.0. The number of nitrogens with zero attached hydrogens (tertiary/aromatic N) is 3. The molecule has 7 heteroatoms. The van der Waals surface area contributed by atoms with Crippen LogP contribution in [0.3, 0.4) is 0 Å². The number of hydrogen-bond donors (Lipinski definition) is 0. The van der Waals surface area contributed by atoms with Crippen LogP contribution in [0.5, 0.6) is 0 Å². The quantitative estimate of drug-likeness (QED) is 0.627. The van der Waals surface area contributed by atoms with Crippen LogP contribution in [-0.4, -0.2) is 43.9 Å². The molecular weight excluding hydrogens is 398 g/mol. The zero-order valence-electron chi connectivity index (χ0n) is 16.9. The van der Waals surface area contributed by atoms with Gasteiger partial charge in [-0.05, 0) is 61.4 Å². The number of amides is 1. The Bertz CT molecular complexity index is 1090. The standard InChI is InChI=1S/C23H25N3O3S/c1-24(20-7-3-2-4-8-20)30(28,29)22-11-9-19(10-12-22)23(27)26-17-13-21(14-18-26)25-15-5-6-16-25/h2-12,15-16,21H,13-14,17-18H2,1H3. The molecule has 30 heavy (non-hydrogen) atoms. The predicted molar refractivity (Wildman–Crippen MR) is 117 cm³/mol. The molecule has 0 saturated carbocycles. The summed E-state index contributed by atoms with van der Waals surface area (Å²) in [7, 11) is -2.16. The van der Waals surface area contributed by atoms with Gasteiger partial charge in [-0.15, -0.1) is 0 Å². The van der Waals surface area contributed by atoms with Crippen molar-refractivity contribution in [1.29, 1.82) is 0 Å². The van der Waals surface area contributed by atoms with Gasteiger partial charge in [-0.25, -0.2) is 8.42 Å². The Morgan fingerprint density at radius 2 is 1.50 bits per heavy atom. The molecule has 0 atom stereocenters. The summed E-state index contributed by atoms with van der Waals surface area (Å²) in [5.41, 5.74) is 1.10. The van der Waals surface area contributed by atoms with Gasteiger partial charge in [0, 0.05) is 44.1 Å². The summed E-state index contributed by atoms with van der Waals surface area (Å²) in [4.78, 5) is 14.9. The average Bonchev–Trinajstić information content (AvgIpc) is 3.34. The molecule has 1 aromatic heterocycles. The highest BCUT2D eigenvalue weighted by atomic mass is 32.2. The van der Waals surface area contributed by atoms with E-state index in [1.807, 2.05) is 23.1 Å². The lowest BCUT2D eigenvalue weighted by molar-refractivity contribution is 0.0694. The monoisotopic (exact) mass is 423 g/mol. The zero-order chi connectivity index (χ0) is 21.1. The number of sulfonamides is 1. The number of hydrogen-bond acceptors (Lipinski definition) is 3. The van der Waals surface area contributed by atoms with E-state index in [-0.39, 0.29) is 10.8 Å². The number of carbonyl (C=O) groups excluding carboxylic acids is 1. The molecule has 0 aliphatic carbocycles. The molecule has 6 nitrogen and oxygen atoms in total. The number of benzene rings is 2. The normalized spacial score (nSPS) is 15.2. The third kappa shape index (κ3) is 3.98. The molecule has 156 valence electrons. The number of aromatic nitrogens is 1. The molecule has 0 unspecified atom stereocenters. The van der Waals surface area contributed by atoms with Crippen LogP contribution in [0.2, 0.25) is 0 Å². The summed E-state index contributed by atoms with van der Waals surface area (Å²) < 4.78 is 29.2. The molecular formula is C23H25N3O3S. The second-order valence-electron chi connectivity index (χ2n) is 7.49. The molecule has 1 fully saturated rings. The van der Waals surface area contributed by atoms with Gasteiger partial charge in [-0.2, -0.15) is 0 Å². The van der Waals surface area contributed by atoms with Gasteiger partial charge in [-0.3, -0.25) is 9.10 Å². The predicted octanol–water partition coefficient (Wildman–Crippen LogP) is 3.79. The van der Waals surface area contributed by atoms with Crippen LogP contribution in [0.15, 0.2) is 84.0 Å². The van der Waals surface area contributed by atoms with Crippen LogP contribution in [0.4, 0.5) is 5.69 Å². The summed E-state index contributed by atoms with van der Waals surface area (Å²) in [6.07, 6.45) is 5.95. The van der Waals surface area contributed by atoms with Crippen LogP contribution in [-0.2, 0) is 10.0 Å². The molecule has 0 spiro atoms. The van der Waals surface area contributed by atoms with Crippen molar-refractivity contribution in [2.45, 2.75) is 23.8 Å². The first-order chi connectivity index (χ1) is 14.5. The summed E-state index contributed by atoms with van der Waals surface area (Å²) in [5.74, 6) is -0.0543. The van der Waals surface area contributed by atoms with E-state index >= 15 is 0 Å². The van der Waals surface area contributed by atoms with Crippen LogP contribution >= 0.6 is 0 Å². The first-order valence-corrected chi connectivity index (χ1v) is 11.5. The summed E-state index contributed by atoms with van der Waals surface area (Å²) >= 11 is 0. The molecule has 0 radical (unpaired) electrons. The Hall–Kier alpha value is -3.06. The van der Waals surface area contributed by atoms with E-state index in [0.717, 1.165) is 12.8 Å². The van der Waals surface area contributed by atoms with Crippen LogP contribution in [0.25, 0.3) is 0 Å². The van der Waals surface area contributed by atoms with Gasteiger partial charge in [0.15, 0.2) is 0 Å². The van der Waals surface area contributed by atoms with E-state index < -0.39 is 10.0 Å². The van der Waals surface area contributed by atoms with Crippen molar-refractivity contribution in [2.75, 3.05) is 24.4 Å². The molecule has 2 aromatic carbocycles. The van der Waals surface area contributed by atoms with Gasteiger partial charge in [0.2, 0.25) is 0 Å². The SMILES string of the molecule is CN(c1ccccc1)S(=O)(=O)c1ccc(C(=O)N2CCC(n3cccc3)CC2)cc1. The Morgan fingerprint density at radius 1 is 0.900 bits per heavy atom. The maximum absolute atomic E-state index is 12.9. The summed E-state index contributed by atoms with van der Waals surface area (Å²) in [5, 5.41) is 0. The number of rotatable bonds is 5. The van der Waals surface area contributed by atoms with Crippen molar-refractivity contribution in [3.8, 4) is 0 Å². The third-order valence-electron chi connectivity index (χ3n) is 5.68. The molecule has 1 aliphatic heterocycles.